The Balaban J connectivity index is 1.58. The molecule has 3 rings (SSSR count). The molecular weight excluding hydrogens is 252 g/mol. The molecule has 6 nitrogen and oxygen atoms in total. The molecule has 1 fully saturated rings. The normalized spacial score (nSPS) is 16.6. The van der Waals surface area contributed by atoms with E-state index in [4.69, 9.17) is 5.73 Å². The predicted molar refractivity (Wildman–Crippen MR) is 79.3 cm³/mol. The molecule has 1 saturated heterocycles. The van der Waals surface area contributed by atoms with Gasteiger partial charge in [-0.25, -0.2) is 0 Å². The molecule has 0 saturated carbocycles. The van der Waals surface area contributed by atoms with Gasteiger partial charge in [0, 0.05) is 57.7 Å². The second-order valence-corrected chi connectivity index (χ2v) is 5.22. The first-order valence-corrected chi connectivity index (χ1v) is 6.87. The fraction of sp³-hybridized carbons (Fsp3) is 0.429. The molecule has 0 bridgehead atoms. The van der Waals surface area contributed by atoms with Crippen molar-refractivity contribution in [3.05, 3.63) is 36.4 Å². The first-order chi connectivity index (χ1) is 9.72. The maximum atomic E-state index is 5.98. The zero-order valence-electron chi connectivity index (χ0n) is 11.7. The SMILES string of the molecule is Cn1cc(CN2CCN(c3ccncc3N)CC2)cn1. The van der Waals surface area contributed by atoms with Gasteiger partial charge in [-0.2, -0.15) is 5.10 Å². The van der Waals surface area contributed by atoms with Gasteiger partial charge in [-0.15, -0.1) is 0 Å². The number of nitrogens with zero attached hydrogens (tertiary/aromatic N) is 5. The molecule has 2 aromatic rings. The third kappa shape index (κ3) is 2.75. The highest BCUT2D eigenvalue weighted by Crippen LogP contribution is 2.22. The topological polar surface area (TPSA) is 63.2 Å². The Kier molecular flexibility index (Phi) is 3.56. The van der Waals surface area contributed by atoms with E-state index < -0.39 is 0 Å². The minimum Gasteiger partial charge on any atom is -0.396 e. The molecule has 20 heavy (non-hydrogen) atoms. The van der Waals surface area contributed by atoms with Crippen LogP contribution in [0, 0.1) is 0 Å². The van der Waals surface area contributed by atoms with Crippen molar-refractivity contribution in [2.45, 2.75) is 6.54 Å². The lowest BCUT2D eigenvalue weighted by Gasteiger charge is -2.36. The second-order valence-electron chi connectivity index (χ2n) is 5.22. The van der Waals surface area contributed by atoms with Crippen LogP contribution in [0.5, 0.6) is 0 Å². The lowest BCUT2D eigenvalue weighted by atomic mass is 10.2. The van der Waals surface area contributed by atoms with E-state index in [1.807, 2.05) is 24.0 Å². The summed E-state index contributed by atoms with van der Waals surface area (Å²) in [6, 6.07) is 1.99. The maximum absolute atomic E-state index is 5.98. The molecular formula is C14H20N6. The van der Waals surface area contributed by atoms with Crippen LogP contribution in [0.2, 0.25) is 0 Å². The van der Waals surface area contributed by atoms with Gasteiger partial charge in [0.05, 0.1) is 23.8 Å². The average Bonchev–Trinajstić information content (AvgIpc) is 2.86. The van der Waals surface area contributed by atoms with Crippen LogP contribution >= 0.6 is 0 Å². The van der Waals surface area contributed by atoms with Gasteiger partial charge in [-0.3, -0.25) is 14.6 Å². The third-order valence-corrected chi connectivity index (χ3v) is 3.71. The molecule has 3 heterocycles. The summed E-state index contributed by atoms with van der Waals surface area (Å²) >= 11 is 0. The van der Waals surface area contributed by atoms with Crippen LogP contribution in [-0.2, 0) is 13.6 Å². The highest BCUT2D eigenvalue weighted by molar-refractivity contribution is 5.66. The van der Waals surface area contributed by atoms with E-state index in [0.29, 0.717) is 0 Å². The summed E-state index contributed by atoms with van der Waals surface area (Å²) in [5.41, 5.74) is 9.11. The molecule has 2 aromatic heterocycles. The van der Waals surface area contributed by atoms with Gasteiger partial charge in [0.1, 0.15) is 0 Å². The van der Waals surface area contributed by atoms with Gasteiger partial charge in [-0.05, 0) is 6.07 Å². The number of nitrogens with two attached hydrogens (primary N) is 1. The highest BCUT2D eigenvalue weighted by Gasteiger charge is 2.18. The van der Waals surface area contributed by atoms with Crippen LogP contribution < -0.4 is 10.6 Å². The van der Waals surface area contributed by atoms with Crippen LogP contribution in [0.4, 0.5) is 11.4 Å². The number of nitrogen functional groups attached to an aromatic ring is 1. The number of aromatic nitrogens is 3. The van der Waals surface area contributed by atoms with Crippen molar-refractivity contribution in [3.63, 3.8) is 0 Å². The molecule has 1 aliphatic rings. The molecule has 0 unspecified atom stereocenters. The van der Waals surface area contributed by atoms with Crippen LogP contribution in [0.1, 0.15) is 5.56 Å². The molecule has 0 radical (unpaired) electrons. The largest absolute Gasteiger partial charge is 0.396 e. The molecule has 2 N–H and O–H groups in total. The van der Waals surface area contributed by atoms with Crippen molar-refractivity contribution < 1.29 is 0 Å². The summed E-state index contributed by atoms with van der Waals surface area (Å²) < 4.78 is 1.85. The summed E-state index contributed by atoms with van der Waals surface area (Å²) in [7, 11) is 1.95. The lowest BCUT2D eigenvalue weighted by Crippen LogP contribution is -2.46. The number of hydrogen-bond donors (Lipinski definition) is 1. The first kappa shape index (κ1) is 12.9. The monoisotopic (exact) mass is 272 g/mol. The Labute approximate surface area is 118 Å². The Hall–Kier alpha value is -2.08. The second kappa shape index (κ2) is 5.50. The summed E-state index contributed by atoms with van der Waals surface area (Å²) in [6.45, 7) is 5.03. The standard InChI is InChI=1S/C14H20N6/c1-18-10-12(8-17-18)11-19-4-6-20(7-5-19)14-2-3-16-9-13(14)15/h2-3,8-10H,4-7,11,15H2,1H3. The van der Waals surface area contributed by atoms with E-state index >= 15 is 0 Å². The maximum Gasteiger partial charge on any atom is 0.0738 e. The summed E-state index contributed by atoms with van der Waals surface area (Å²) in [5.74, 6) is 0. The van der Waals surface area contributed by atoms with Crippen LogP contribution in [0.3, 0.4) is 0 Å². The van der Waals surface area contributed by atoms with Gasteiger partial charge >= 0.3 is 0 Å². The van der Waals surface area contributed by atoms with Crippen molar-refractivity contribution in [2.75, 3.05) is 36.8 Å². The van der Waals surface area contributed by atoms with E-state index in [0.717, 1.165) is 44.1 Å². The number of anilines is 2. The van der Waals surface area contributed by atoms with Gasteiger partial charge in [0.15, 0.2) is 0 Å². The summed E-state index contributed by atoms with van der Waals surface area (Å²) in [4.78, 5) is 8.82. The number of rotatable bonds is 3. The predicted octanol–water partition coefficient (Wildman–Crippen LogP) is 0.719. The van der Waals surface area contributed by atoms with Crippen molar-refractivity contribution >= 4 is 11.4 Å². The van der Waals surface area contributed by atoms with Gasteiger partial charge in [0.2, 0.25) is 0 Å². The average molecular weight is 272 g/mol. The Morgan fingerprint density at radius 2 is 2.00 bits per heavy atom. The molecule has 1 aliphatic heterocycles. The van der Waals surface area contributed by atoms with Crippen molar-refractivity contribution in [3.8, 4) is 0 Å². The number of aryl methyl sites for hydroxylation is 1. The summed E-state index contributed by atoms with van der Waals surface area (Å²) in [5, 5.41) is 4.21. The Bertz CT molecular complexity index is 571. The highest BCUT2D eigenvalue weighted by atomic mass is 15.3. The van der Waals surface area contributed by atoms with Crippen LogP contribution in [0.15, 0.2) is 30.9 Å². The lowest BCUT2D eigenvalue weighted by molar-refractivity contribution is 0.250. The molecule has 106 valence electrons. The Morgan fingerprint density at radius 1 is 1.20 bits per heavy atom. The molecule has 0 aliphatic carbocycles. The van der Waals surface area contributed by atoms with E-state index in [1.165, 1.54) is 5.56 Å². The first-order valence-electron chi connectivity index (χ1n) is 6.87. The minimum absolute atomic E-state index is 0.758. The molecule has 0 amide bonds. The number of hydrogen-bond acceptors (Lipinski definition) is 5. The van der Waals surface area contributed by atoms with Crippen LogP contribution in [-0.4, -0.2) is 45.8 Å². The zero-order chi connectivity index (χ0) is 13.9. The fourth-order valence-corrected chi connectivity index (χ4v) is 2.65. The van der Waals surface area contributed by atoms with Gasteiger partial charge < -0.3 is 10.6 Å². The van der Waals surface area contributed by atoms with Crippen LogP contribution in [0.25, 0.3) is 0 Å². The van der Waals surface area contributed by atoms with Crippen molar-refractivity contribution in [2.24, 2.45) is 7.05 Å². The van der Waals surface area contributed by atoms with E-state index in [-0.39, 0.29) is 0 Å². The quantitative estimate of drug-likeness (QED) is 0.892. The molecule has 0 aromatic carbocycles. The number of pyridine rings is 1. The number of piperazine rings is 1. The molecule has 0 spiro atoms. The third-order valence-electron chi connectivity index (χ3n) is 3.71. The van der Waals surface area contributed by atoms with E-state index in [1.54, 1.807) is 12.4 Å². The molecule has 0 atom stereocenters. The Morgan fingerprint density at radius 3 is 2.65 bits per heavy atom. The molecule has 6 heteroatoms. The van der Waals surface area contributed by atoms with Crippen molar-refractivity contribution in [1.82, 2.24) is 19.7 Å². The fourth-order valence-electron chi connectivity index (χ4n) is 2.65. The smallest absolute Gasteiger partial charge is 0.0738 e. The van der Waals surface area contributed by atoms with E-state index in [9.17, 15) is 0 Å². The zero-order valence-corrected chi connectivity index (χ0v) is 11.7. The van der Waals surface area contributed by atoms with Gasteiger partial charge in [0.25, 0.3) is 0 Å². The van der Waals surface area contributed by atoms with Gasteiger partial charge in [-0.1, -0.05) is 0 Å². The minimum atomic E-state index is 0.758. The van der Waals surface area contributed by atoms with E-state index in [2.05, 4.69) is 26.1 Å². The van der Waals surface area contributed by atoms with Crippen molar-refractivity contribution in [1.29, 1.82) is 0 Å². The summed E-state index contributed by atoms with van der Waals surface area (Å²) in [6.07, 6.45) is 7.53.